The molecule has 0 spiro atoms. The van der Waals surface area contributed by atoms with Gasteiger partial charge in [0, 0.05) is 12.6 Å². The van der Waals surface area contributed by atoms with Crippen molar-refractivity contribution in [2.75, 3.05) is 0 Å². The van der Waals surface area contributed by atoms with Crippen molar-refractivity contribution in [1.29, 1.82) is 0 Å². The maximum atomic E-state index is 13.0. The van der Waals surface area contributed by atoms with Crippen LogP contribution in [0.3, 0.4) is 0 Å². The summed E-state index contributed by atoms with van der Waals surface area (Å²) in [4.78, 5) is 4.66. The standard InChI is InChI=1S/C16H12F4N4/c1-10-14(8-11-6-7-21-15(9-11)16(18,19)20)23-24(22-10)13-4-2-12(17)3-5-13/h2-7,9H,8H2,1H3. The second-order valence-corrected chi connectivity index (χ2v) is 5.22. The number of nitrogens with zero attached hydrogens (tertiary/aromatic N) is 4. The summed E-state index contributed by atoms with van der Waals surface area (Å²) in [6.07, 6.45) is -3.17. The highest BCUT2D eigenvalue weighted by molar-refractivity contribution is 5.31. The van der Waals surface area contributed by atoms with Gasteiger partial charge in [-0.2, -0.15) is 28.2 Å². The first-order valence-corrected chi connectivity index (χ1v) is 7.04. The zero-order valence-corrected chi connectivity index (χ0v) is 12.5. The van der Waals surface area contributed by atoms with Gasteiger partial charge in [-0.05, 0) is 48.9 Å². The third-order valence-electron chi connectivity index (χ3n) is 3.42. The molecular weight excluding hydrogens is 324 g/mol. The predicted molar refractivity (Wildman–Crippen MR) is 78.1 cm³/mol. The third-order valence-corrected chi connectivity index (χ3v) is 3.42. The van der Waals surface area contributed by atoms with Crippen LogP contribution in [0.1, 0.15) is 22.6 Å². The van der Waals surface area contributed by atoms with Crippen LogP contribution in [0.4, 0.5) is 17.6 Å². The van der Waals surface area contributed by atoms with Crippen LogP contribution in [-0.4, -0.2) is 20.0 Å². The fourth-order valence-electron chi connectivity index (χ4n) is 2.19. The minimum Gasteiger partial charge on any atom is -0.252 e. The molecule has 0 aliphatic carbocycles. The van der Waals surface area contributed by atoms with Crippen LogP contribution in [0.15, 0.2) is 42.6 Å². The first-order valence-electron chi connectivity index (χ1n) is 7.04. The summed E-state index contributed by atoms with van der Waals surface area (Å²) in [6.45, 7) is 1.72. The van der Waals surface area contributed by atoms with Crippen molar-refractivity contribution in [2.45, 2.75) is 19.5 Å². The van der Waals surface area contributed by atoms with E-state index >= 15 is 0 Å². The minimum absolute atomic E-state index is 0.193. The monoisotopic (exact) mass is 336 g/mol. The van der Waals surface area contributed by atoms with Gasteiger partial charge in [-0.15, -0.1) is 0 Å². The lowest BCUT2D eigenvalue weighted by atomic mass is 10.1. The molecule has 1 aromatic carbocycles. The molecule has 0 aliphatic heterocycles. The maximum Gasteiger partial charge on any atom is 0.433 e. The van der Waals surface area contributed by atoms with E-state index in [1.165, 1.54) is 35.1 Å². The number of pyridine rings is 1. The first-order chi connectivity index (χ1) is 11.3. The molecule has 0 aliphatic rings. The van der Waals surface area contributed by atoms with E-state index in [9.17, 15) is 17.6 Å². The normalized spacial score (nSPS) is 11.7. The van der Waals surface area contributed by atoms with Crippen LogP contribution in [0, 0.1) is 12.7 Å². The van der Waals surface area contributed by atoms with Gasteiger partial charge in [0.25, 0.3) is 0 Å². The molecule has 2 heterocycles. The molecule has 2 aromatic heterocycles. The number of benzene rings is 1. The van der Waals surface area contributed by atoms with E-state index in [1.54, 1.807) is 6.92 Å². The summed E-state index contributed by atoms with van der Waals surface area (Å²) >= 11 is 0. The SMILES string of the molecule is Cc1nn(-c2ccc(F)cc2)nc1Cc1ccnc(C(F)(F)F)c1. The van der Waals surface area contributed by atoms with Gasteiger partial charge in [0.15, 0.2) is 0 Å². The molecule has 0 amide bonds. The van der Waals surface area contributed by atoms with Gasteiger partial charge in [-0.1, -0.05) is 0 Å². The largest absolute Gasteiger partial charge is 0.433 e. The van der Waals surface area contributed by atoms with Gasteiger partial charge in [0.1, 0.15) is 11.5 Å². The lowest BCUT2D eigenvalue weighted by molar-refractivity contribution is -0.141. The number of aromatic nitrogens is 4. The Morgan fingerprint density at radius 1 is 1.04 bits per heavy atom. The van der Waals surface area contributed by atoms with Crippen molar-refractivity contribution >= 4 is 0 Å². The Morgan fingerprint density at radius 2 is 1.75 bits per heavy atom. The van der Waals surface area contributed by atoms with Crippen molar-refractivity contribution in [2.24, 2.45) is 0 Å². The topological polar surface area (TPSA) is 43.6 Å². The fourth-order valence-corrected chi connectivity index (χ4v) is 2.19. The molecule has 3 rings (SSSR count). The Bertz CT molecular complexity index is 853. The lowest BCUT2D eigenvalue weighted by Crippen LogP contribution is -2.08. The summed E-state index contributed by atoms with van der Waals surface area (Å²) in [5.74, 6) is -0.376. The van der Waals surface area contributed by atoms with E-state index in [1.807, 2.05) is 0 Å². The highest BCUT2D eigenvalue weighted by atomic mass is 19.4. The average molecular weight is 336 g/mol. The molecule has 3 aromatic rings. The fraction of sp³-hybridized carbons (Fsp3) is 0.188. The molecule has 0 saturated heterocycles. The molecule has 0 radical (unpaired) electrons. The molecule has 0 saturated carbocycles. The Kier molecular flexibility index (Phi) is 4.04. The van der Waals surface area contributed by atoms with Crippen molar-refractivity contribution in [1.82, 2.24) is 20.0 Å². The van der Waals surface area contributed by atoms with Crippen molar-refractivity contribution in [3.8, 4) is 5.69 Å². The van der Waals surface area contributed by atoms with Gasteiger partial charge < -0.3 is 0 Å². The van der Waals surface area contributed by atoms with E-state index in [0.717, 1.165) is 12.3 Å². The van der Waals surface area contributed by atoms with Crippen LogP contribution in [0.5, 0.6) is 0 Å². The number of aryl methyl sites for hydroxylation is 1. The van der Waals surface area contributed by atoms with Crippen molar-refractivity contribution in [3.05, 3.63) is 71.1 Å². The zero-order valence-electron chi connectivity index (χ0n) is 12.5. The summed E-state index contributed by atoms with van der Waals surface area (Å²) < 4.78 is 51.1. The number of hydrogen-bond acceptors (Lipinski definition) is 3. The molecule has 8 heteroatoms. The summed E-state index contributed by atoms with van der Waals surface area (Å²) in [7, 11) is 0. The highest BCUT2D eigenvalue weighted by Gasteiger charge is 2.32. The van der Waals surface area contributed by atoms with Crippen LogP contribution >= 0.6 is 0 Å². The molecule has 0 unspecified atom stereocenters. The second kappa shape index (κ2) is 6.03. The van der Waals surface area contributed by atoms with Crippen molar-refractivity contribution in [3.63, 3.8) is 0 Å². The highest BCUT2D eigenvalue weighted by Crippen LogP contribution is 2.28. The summed E-state index contributed by atoms with van der Waals surface area (Å²) in [5, 5.41) is 8.50. The predicted octanol–water partition coefficient (Wildman–Crippen LogP) is 3.72. The zero-order chi connectivity index (χ0) is 17.3. The van der Waals surface area contributed by atoms with Crippen LogP contribution in [0.25, 0.3) is 5.69 Å². The molecular formula is C16H12F4N4. The van der Waals surface area contributed by atoms with E-state index in [4.69, 9.17) is 0 Å². The van der Waals surface area contributed by atoms with Crippen LogP contribution < -0.4 is 0 Å². The third kappa shape index (κ3) is 3.42. The van der Waals surface area contributed by atoms with Gasteiger partial charge in [0.2, 0.25) is 0 Å². The molecule has 124 valence electrons. The van der Waals surface area contributed by atoms with E-state index in [2.05, 4.69) is 15.2 Å². The van der Waals surface area contributed by atoms with Crippen molar-refractivity contribution < 1.29 is 17.6 Å². The molecule has 0 bridgehead atoms. The Morgan fingerprint density at radius 3 is 2.42 bits per heavy atom. The first kappa shape index (κ1) is 16.1. The number of alkyl halides is 3. The molecule has 0 atom stereocenters. The average Bonchev–Trinajstić information content (AvgIpc) is 2.88. The van der Waals surface area contributed by atoms with E-state index in [-0.39, 0.29) is 12.2 Å². The molecule has 0 fully saturated rings. The van der Waals surface area contributed by atoms with Gasteiger partial charge in [-0.3, -0.25) is 4.98 Å². The van der Waals surface area contributed by atoms with Gasteiger partial charge >= 0.3 is 6.18 Å². The van der Waals surface area contributed by atoms with Crippen LogP contribution in [-0.2, 0) is 12.6 Å². The number of rotatable bonds is 3. The maximum absolute atomic E-state index is 13.0. The van der Waals surface area contributed by atoms with E-state index < -0.39 is 11.9 Å². The molecule has 24 heavy (non-hydrogen) atoms. The second-order valence-electron chi connectivity index (χ2n) is 5.22. The minimum atomic E-state index is -4.49. The number of halogens is 4. The molecule has 4 nitrogen and oxygen atoms in total. The Hall–Kier alpha value is -2.77. The molecule has 0 N–H and O–H groups in total. The Labute approximate surface area is 134 Å². The Balaban J connectivity index is 1.87. The quantitative estimate of drug-likeness (QED) is 0.685. The summed E-state index contributed by atoms with van der Waals surface area (Å²) in [5.41, 5.74) is 1.19. The lowest BCUT2D eigenvalue weighted by Gasteiger charge is -2.06. The van der Waals surface area contributed by atoms with E-state index in [0.29, 0.717) is 22.6 Å². The summed E-state index contributed by atoms with van der Waals surface area (Å²) in [6, 6.07) is 8.11. The van der Waals surface area contributed by atoms with Gasteiger partial charge in [0.05, 0.1) is 17.1 Å². The van der Waals surface area contributed by atoms with Crippen LogP contribution in [0.2, 0.25) is 0 Å². The smallest absolute Gasteiger partial charge is 0.252 e. The number of hydrogen-bond donors (Lipinski definition) is 0. The van der Waals surface area contributed by atoms with Gasteiger partial charge in [-0.25, -0.2) is 4.39 Å².